The van der Waals surface area contributed by atoms with E-state index in [9.17, 15) is 9.59 Å². The zero-order valence-corrected chi connectivity index (χ0v) is 17.0. The molecule has 0 radical (unpaired) electrons. The van der Waals surface area contributed by atoms with Crippen LogP contribution in [0.3, 0.4) is 0 Å². The third kappa shape index (κ3) is 4.69. The van der Waals surface area contributed by atoms with Crippen LogP contribution in [0.4, 0.5) is 0 Å². The van der Waals surface area contributed by atoms with Gasteiger partial charge in [0.05, 0.1) is 0 Å². The van der Waals surface area contributed by atoms with Gasteiger partial charge in [-0.05, 0) is 65.6 Å². The maximum Gasteiger partial charge on any atom is 0.271 e. The fraction of sp³-hybridized carbons (Fsp3) is 0.750. The summed E-state index contributed by atoms with van der Waals surface area (Å²) in [5.41, 5.74) is 1.48. The molecule has 0 unspecified atom stereocenters. The minimum atomic E-state index is -0.0723. The van der Waals surface area contributed by atoms with Gasteiger partial charge in [-0.25, -0.2) is 4.98 Å². The fourth-order valence-electron chi connectivity index (χ4n) is 4.44. The first kappa shape index (κ1) is 19.9. The SMILES string of the molecule is CC(=O)N1CCC(n2c(C)nc(C(=O)NCCCN3CCCC3)c2C)CC1. The van der Waals surface area contributed by atoms with Crippen molar-refractivity contribution in [3.05, 3.63) is 17.2 Å². The highest BCUT2D eigenvalue weighted by Gasteiger charge is 2.26. The molecule has 3 heterocycles. The predicted molar refractivity (Wildman–Crippen MR) is 105 cm³/mol. The topological polar surface area (TPSA) is 70.5 Å². The Morgan fingerprint density at radius 2 is 1.78 bits per heavy atom. The highest BCUT2D eigenvalue weighted by molar-refractivity contribution is 5.93. The van der Waals surface area contributed by atoms with Crippen LogP contribution < -0.4 is 5.32 Å². The normalized spacial score (nSPS) is 18.9. The smallest absolute Gasteiger partial charge is 0.271 e. The third-order valence-electron chi connectivity index (χ3n) is 5.95. The molecule has 27 heavy (non-hydrogen) atoms. The Hall–Kier alpha value is -1.89. The number of hydrogen-bond acceptors (Lipinski definition) is 4. The second-order valence-electron chi connectivity index (χ2n) is 7.86. The lowest BCUT2D eigenvalue weighted by Gasteiger charge is -2.33. The van der Waals surface area contributed by atoms with Crippen molar-refractivity contribution in [2.75, 3.05) is 39.3 Å². The summed E-state index contributed by atoms with van der Waals surface area (Å²) in [6, 6.07) is 0.310. The van der Waals surface area contributed by atoms with Crippen molar-refractivity contribution in [2.45, 2.75) is 58.9 Å². The van der Waals surface area contributed by atoms with Gasteiger partial charge in [0.25, 0.3) is 5.91 Å². The van der Waals surface area contributed by atoms with Crippen LogP contribution >= 0.6 is 0 Å². The molecule has 1 N–H and O–H groups in total. The molecule has 7 nitrogen and oxygen atoms in total. The van der Waals surface area contributed by atoms with Gasteiger partial charge in [0.1, 0.15) is 11.5 Å². The van der Waals surface area contributed by atoms with E-state index in [0.29, 0.717) is 18.3 Å². The number of nitrogens with one attached hydrogen (secondary N) is 1. The van der Waals surface area contributed by atoms with Crippen molar-refractivity contribution in [3.8, 4) is 0 Å². The third-order valence-corrected chi connectivity index (χ3v) is 5.95. The van der Waals surface area contributed by atoms with E-state index in [1.165, 1.54) is 25.9 Å². The van der Waals surface area contributed by atoms with Crippen LogP contribution in [-0.4, -0.2) is 70.4 Å². The van der Waals surface area contributed by atoms with Crippen molar-refractivity contribution in [2.24, 2.45) is 0 Å². The van der Waals surface area contributed by atoms with Crippen LogP contribution in [0.5, 0.6) is 0 Å². The number of likely N-dealkylation sites (tertiary alicyclic amines) is 2. The average molecular weight is 376 g/mol. The van der Waals surface area contributed by atoms with Gasteiger partial charge in [0.15, 0.2) is 0 Å². The molecule has 0 aliphatic carbocycles. The molecular weight excluding hydrogens is 342 g/mol. The van der Waals surface area contributed by atoms with Crippen LogP contribution in [0, 0.1) is 13.8 Å². The fourth-order valence-corrected chi connectivity index (χ4v) is 4.44. The number of hydrogen-bond donors (Lipinski definition) is 1. The highest BCUT2D eigenvalue weighted by Crippen LogP contribution is 2.27. The summed E-state index contributed by atoms with van der Waals surface area (Å²) < 4.78 is 2.19. The van der Waals surface area contributed by atoms with Gasteiger partial charge in [-0.1, -0.05) is 0 Å². The minimum absolute atomic E-state index is 0.0723. The zero-order valence-electron chi connectivity index (χ0n) is 17.0. The van der Waals surface area contributed by atoms with E-state index >= 15 is 0 Å². The van der Waals surface area contributed by atoms with Crippen LogP contribution in [0.1, 0.15) is 67.1 Å². The second kappa shape index (κ2) is 8.87. The zero-order chi connectivity index (χ0) is 19.4. The summed E-state index contributed by atoms with van der Waals surface area (Å²) >= 11 is 0. The molecule has 2 saturated heterocycles. The standard InChI is InChI=1S/C20H33N5O2/c1-15-19(20(27)21-9-6-12-23-10-4-5-11-23)22-16(2)25(15)18-7-13-24(14-8-18)17(3)26/h18H,4-14H2,1-3H3,(H,21,27). The van der Waals surface area contributed by atoms with Crippen molar-refractivity contribution in [1.82, 2.24) is 24.7 Å². The summed E-state index contributed by atoms with van der Waals surface area (Å²) in [6.07, 6.45) is 5.40. The molecule has 0 atom stereocenters. The van der Waals surface area contributed by atoms with Gasteiger partial charge in [0, 0.05) is 38.3 Å². The van der Waals surface area contributed by atoms with E-state index in [1.54, 1.807) is 6.92 Å². The number of rotatable bonds is 6. The van der Waals surface area contributed by atoms with Crippen molar-refractivity contribution in [3.63, 3.8) is 0 Å². The number of imidazole rings is 1. The molecule has 0 aromatic carbocycles. The van der Waals surface area contributed by atoms with Gasteiger partial charge >= 0.3 is 0 Å². The van der Waals surface area contributed by atoms with Crippen molar-refractivity contribution < 1.29 is 9.59 Å². The first-order chi connectivity index (χ1) is 13.0. The Labute approximate surface area is 162 Å². The van der Waals surface area contributed by atoms with Gasteiger partial charge in [0.2, 0.25) is 5.91 Å². The molecule has 0 saturated carbocycles. The van der Waals surface area contributed by atoms with E-state index < -0.39 is 0 Å². The second-order valence-corrected chi connectivity index (χ2v) is 7.86. The van der Waals surface area contributed by atoms with Crippen LogP contribution in [0.25, 0.3) is 0 Å². The number of aryl methyl sites for hydroxylation is 1. The maximum atomic E-state index is 12.6. The Kier molecular flexibility index (Phi) is 6.52. The average Bonchev–Trinajstić information content (AvgIpc) is 3.26. The number of aromatic nitrogens is 2. The lowest BCUT2D eigenvalue weighted by molar-refractivity contribution is -0.130. The number of carbonyl (C=O) groups is 2. The first-order valence-corrected chi connectivity index (χ1v) is 10.3. The Balaban J connectivity index is 1.54. The summed E-state index contributed by atoms with van der Waals surface area (Å²) in [5, 5.41) is 3.03. The van der Waals surface area contributed by atoms with E-state index in [-0.39, 0.29) is 11.8 Å². The number of piperidine rings is 1. The molecule has 150 valence electrons. The molecule has 0 bridgehead atoms. The molecule has 0 spiro atoms. The molecule has 7 heteroatoms. The lowest BCUT2D eigenvalue weighted by Crippen LogP contribution is -2.38. The summed E-state index contributed by atoms with van der Waals surface area (Å²) in [7, 11) is 0. The van der Waals surface area contributed by atoms with Crippen LogP contribution in [0.15, 0.2) is 0 Å². The van der Waals surface area contributed by atoms with Crippen molar-refractivity contribution in [1.29, 1.82) is 0 Å². The molecule has 2 amide bonds. The largest absolute Gasteiger partial charge is 0.351 e. The lowest BCUT2D eigenvalue weighted by atomic mass is 10.0. The Morgan fingerprint density at radius 1 is 1.11 bits per heavy atom. The number of amides is 2. The molecule has 2 fully saturated rings. The predicted octanol–water partition coefficient (Wildman–Crippen LogP) is 1.90. The summed E-state index contributed by atoms with van der Waals surface area (Å²) in [5.74, 6) is 0.953. The summed E-state index contributed by atoms with van der Waals surface area (Å²) in [4.78, 5) is 33.0. The number of nitrogens with zero attached hydrogens (tertiary/aromatic N) is 4. The Morgan fingerprint density at radius 3 is 2.41 bits per heavy atom. The van der Waals surface area contributed by atoms with Gasteiger partial charge in [-0.3, -0.25) is 9.59 Å². The number of carbonyl (C=O) groups excluding carboxylic acids is 2. The monoisotopic (exact) mass is 375 g/mol. The van der Waals surface area contributed by atoms with E-state index in [4.69, 9.17) is 0 Å². The molecule has 1 aromatic rings. The van der Waals surface area contributed by atoms with Gasteiger partial charge in [-0.15, -0.1) is 0 Å². The van der Waals surface area contributed by atoms with E-state index in [0.717, 1.165) is 50.4 Å². The van der Waals surface area contributed by atoms with Crippen LogP contribution in [-0.2, 0) is 4.79 Å². The minimum Gasteiger partial charge on any atom is -0.351 e. The van der Waals surface area contributed by atoms with Gasteiger partial charge < -0.3 is 19.7 Å². The maximum absolute atomic E-state index is 12.6. The first-order valence-electron chi connectivity index (χ1n) is 10.3. The van der Waals surface area contributed by atoms with E-state index in [2.05, 4.69) is 19.8 Å². The summed E-state index contributed by atoms with van der Waals surface area (Å²) in [6.45, 7) is 11.3. The Bertz CT molecular complexity index is 670. The molecule has 2 aliphatic heterocycles. The van der Waals surface area contributed by atoms with E-state index in [1.807, 2.05) is 18.7 Å². The molecule has 1 aromatic heterocycles. The molecule has 3 rings (SSSR count). The highest BCUT2D eigenvalue weighted by atomic mass is 16.2. The van der Waals surface area contributed by atoms with Crippen molar-refractivity contribution >= 4 is 11.8 Å². The van der Waals surface area contributed by atoms with Crippen LogP contribution in [0.2, 0.25) is 0 Å². The van der Waals surface area contributed by atoms with Gasteiger partial charge in [-0.2, -0.15) is 0 Å². The molecular formula is C20H33N5O2. The quantitative estimate of drug-likeness (QED) is 0.771. The molecule has 2 aliphatic rings.